The maximum Gasteiger partial charge on any atom is 0.416 e. The lowest BCUT2D eigenvalue weighted by atomic mass is 9.96. The van der Waals surface area contributed by atoms with Crippen molar-refractivity contribution in [2.75, 3.05) is 6.54 Å². The van der Waals surface area contributed by atoms with Gasteiger partial charge in [-0.15, -0.1) is 0 Å². The number of nitrogens with zero attached hydrogens (tertiary/aromatic N) is 1. The van der Waals surface area contributed by atoms with Gasteiger partial charge < -0.3 is 14.6 Å². The number of carbonyl (C=O) groups is 2. The molecule has 8 heteroatoms. The Balaban J connectivity index is 2.07. The van der Waals surface area contributed by atoms with Crippen LogP contribution in [0.25, 0.3) is 0 Å². The number of benzene rings is 1. The molecule has 1 aliphatic rings. The van der Waals surface area contributed by atoms with Crippen molar-refractivity contribution in [3.63, 3.8) is 0 Å². The zero-order chi connectivity index (χ0) is 19.7. The monoisotopic (exact) mass is 372 g/mol. The van der Waals surface area contributed by atoms with Crippen LogP contribution >= 0.6 is 0 Å². The molecule has 1 aromatic rings. The van der Waals surface area contributed by atoms with Crippen LogP contribution in [0.3, 0.4) is 0 Å². The van der Waals surface area contributed by atoms with Crippen LogP contribution in [0.2, 0.25) is 0 Å². The van der Waals surface area contributed by atoms with Crippen molar-refractivity contribution in [2.45, 2.75) is 51.4 Å². The van der Waals surface area contributed by atoms with Crippen molar-refractivity contribution in [1.29, 1.82) is 0 Å². The van der Waals surface area contributed by atoms with Gasteiger partial charge in [-0.1, -0.05) is 12.1 Å². The first-order valence-corrected chi connectivity index (χ1v) is 8.23. The first-order valence-electron chi connectivity index (χ1n) is 8.23. The summed E-state index contributed by atoms with van der Waals surface area (Å²) in [4.78, 5) is 24.7. The molecule has 1 saturated heterocycles. The number of aliphatic carboxylic acids is 1. The molecular formula is C18H21F3NO4-. The van der Waals surface area contributed by atoms with Crippen LogP contribution in [0.15, 0.2) is 24.3 Å². The van der Waals surface area contributed by atoms with Gasteiger partial charge >= 0.3 is 12.3 Å². The summed E-state index contributed by atoms with van der Waals surface area (Å²) in [5.41, 5.74) is -0.860. The van der Waals surface area contributed by atoms with Crippen LogP contribution in [0.4, 0.5) is 18.0 Å². The molecular weight excluding hydrogens is 351 g/mol. The predicted octanol–water partition coefficient (Wildman–Crippen LogP) is 2.62. The highest BCUT2D eigenvalue weighted by Gasteiger charge is 2.38. The molecule has 1 fully saturated rings. The molecule has 1 aliphatic heterocycles. The Bertz CT molecular complexity index is 664. The number of carboxylic acids is 1. The molecule has 1 aromatic carbocycles. The minimum atomic E-state index is -4.40. The lowest BCUT2D eigenvalue weighted by Gasteiger charge is -2.28. The molecule has 26 heavy (non-hydrogen) atoms. The van der Waals surface area contributed by atoms with Crippen LogP contribution in [-0.2, 0) is 22.1 Å². The van der Waals surface area contributed by atoms with Gasteiger partial charge in [0, 0.05) is 6.54 Å². The van der Waals surface area contributed by atoms with Gasteiger partial charge in [-0.25, -0.2) is 4.79 Å². The standard InChI is InChI=1S/C18H22F3NO4/c1-17(2,3)26-16(25)22-10-12(9-14(22)15(23)24)8-11-4-6-13(7-5-11)18(19,20)21/h4-7,12,14H,8-10H2,1-3H3,(H,23,24)/p-1/t12-,14+/m1/s1. The minimum absolute atomic E-state index is 0.147. The van der Waals surface area contributed by atoms with E-state index in [9.17, 15) is 27.9 Å². The second kappa shape index (κ2) is 7.17. The van der Waals surface area contributed by atoms with E-state index in [1.165, 1.54) is 12.1 Å². The summed E-state index contributed by atoms with van der Waals surface area (Å²) >= 11 is 0. The third-order valence-corrected chi connectivity index (χ3v) is 4.09. The molecule has 144 valence electrons. The highest BCUT2D eigenvalue weighted by molar-refractivity contribution is 5.79. The number of hydrogen-bond donors (Lipinski definition) is 0. The van der Waals surface area contributed by atoms with Crippen molar-refractivity contribution in [2.24, 2.45) is 5.92 Å². The zero-order valence-electron chi connectivity index (χ0n) is 14.8. The van der Waals surface area contributed by atoms with E-state index < -0.39 is 35.4 Å². The maximum atomic E-state index is 12.6. The first-order chi connectivity index (χ1) is 11.9. The average molecular weight is 372 g/mol. The lowest BCUT2D eigenvalue weighted by molar-refractivity contribution is -0.310. The number of likely N-dealkylation sites (tertiary alicyclic amines) is 1. The average Bonchev–Trinajstić information content (AvgIpc) is 2.89. The van der Waals surface area contributed by atoms with Gasteiger partial charge in [0.25, 0.3) is 0 Å². The Kier molecular flexibility index (Phi) is 5.53. The van der Waals surface area contributed by atoms with E-state index in [1.54, 1.807) is 20.8 Å². The van der Waals surface area contributed by atoms with Crippen molar-refractivity contribution >= 4 is 12.1 Å². The second-order valence-electron chi connectivity index (χ2n) is 7.47. The Labute approximate surface area is 149 Å². The van der Waals surface area contributed by atoms with Gasteiger partial charge in [0.1, 0.15) is 5.60 Å². The molecule has 0 unspecified atom stereocenters. The predicted molar refractivity (Wildman–Crippen MR) is 85.0 cm³/mol. The van der Waals surface area contributed by atoms with E-state index in [0.717, 1.165) is 17.0 Å². The fourth-order valence-electron chi connectivity index (χ4n) is 2.98. The van der Waals surface area contributed by atoms with Crippen molar-refractivity contribution < 1.29 is 32.6 Å². The number of halogens is 3. The molecule has 1 amide bonds. The summed E-state index contributed by atoms with van der Waals surface area (Å²) in [7, 11) is 0. The summed E-state index contributed by atoms with van der Waals surface area (Å²) in [6.07, 6.45) is -4.61. The minimum Gasteiger partial charge on any atom is -0.548 e. The fraction of sp³-hybridized carbons (Fsp3) is 0.556. The number of carbonyl (C=O) groups excluding carboxylic acids is 2. The second-order valence-corrected chi connectivity index (χ2v) is 7.47. The van der Waals surface area contributed by atoms with Crippen LogP contribution in [-0.4, -0.2) is 35.2 Å². The number of amides is 1. The smallest absolute Gasteiger partial charge is 0.416 e. The third-order valence-electron chi connectivity index (χ3n) is 4.09. The highest BCUT2D eigenvalue weighted by Crippen LogP contribution is 2.31. The molecule has 0 N–H and O–H groups in total. The maximum absolute atomic E-state index is 12.6. The molecule has 5 nitrogen and oxygen atoms in total. The Morgan fingerprint density at radius 3 is 2.23 bits per heavy atom. The van der Waals surface area contributed by atoms with Gasteiger partial charge in [-0.05, 0) is 57.2 Å². The van der Waals surface area contributed by atoms with Crippen LogP contribution in [0, 0.1) is 5.92 Å². The zero-order valence-corrected chi connectivity index (χ0v) is 14.8. The normalized spacial score (nSPS) is 20.9. The van der Waals surface area contributed by atoms with E-state index in [2.05, 4.69) is 0 Å². The summed E-state index contributed by atoms with van der Waals surface area (Å²) < 4.78 is 43.1. The van der Waals surface area contributed by atoms with E-state index in [0.29, 0.717) is 12.0 Å². The number of carboxylic acid groups (broad SMARTS) is 1. The van der Waals surface area contributed by atoms with Gasteiger partial charge in [0.05, 0.1) is 17.6 Å². The SMILES string of the molecule is CC(C)(C)OC(=O)N1C[C@H](Cc2ccc(C(F)(F)F)cc2)C[C@H]1C(=O)[O-]. The third kappa shape index (κ3) is 5.12. The Morgan fingerprint density at radius 1 is 1.19 bits per heavy atom. The molecule has 2 atom stereocenters. The van der Waals surface area contributed by atoms with Crippen molar-refractivity contribution in [3.05, 3.63) is 35.4 Å². The molecule has 0 spiro atoms. The number of ether oxygens (including phenoxy) is 1. The van der Waals surface area contributed by atoms with Crippen LogP contribution in [0.5, 0.6) is 0 Å². The Morgan fingerprint density at radius 2 is 1.77 bits per heavy atom. The van der Waals surface area contributed by atoms with Crippen molar-refractivity contribution in [1.82, 2.24) is 4.90 Å². The van der Waals surface area contributed by atoms with Crippen LogP contribution < -0.4 is 5.11 Å². The molecule has 0 saturated carbocycles. The lowest BCUT2D eigenvalue weighted by Crippen LogP contribution is -2.48. The van der Waals surface area contributed by atoms with Gasteiger partial charge in [-0.3, -0.25) is 4.90 Å². The first kappa shape index (κ1) is 20.1. The molecule has 0 aliphatic carbocycles. The van der Waals surface area contributed by atoms with Gasteiger partial charge in [-0.2, -0.15) is 13.2 Å². The van der Waals surface area contributed by atoms with Crippen molar-refractivity contribution in [3.8, 4) is 0 Å². The van der Waals surface area contributed by atoms with E-state index in [4.69, 9.17) is 4.74 Å². The van der Waals surface area contributed by atoms with Gasteiger partial charge in [0.2, 0.25) is 0 Å². The highest BCUT2D eigenvalue weighted by atomic mass is 19.4. The van der Waals surface area contributed by atoms with E-state index in [1.807, 2.05) is 0 Å². The molecule has 2 rings (SSSR count). The number of hydrogen-bond acceptors (Lipinski definition) is 4. The largest absolute Gasteiger partial charge is 0.548 e. The number of alkyl halides is 3. The summed E-state index contributed by atoms with van der Waals surface area (Å²) in [5.74, 6) is -1.58. The molecule has 0 aromatic heterocycles. The number of rotatable bonds is 3. The summed E-state index contributed by atoms with van der Waals surface area (Å²) in [6, 6.07) is 3.61. The molecule has 0 radical (unpaired) electrons. The van der Waals surface area contributed by atoms with Crippen LogP contribution in [0.1, 0.15) is 38.3 Å². The molecule has 1 heterocycles. The molecule has 0 bridgehead atoms. The Hall–Kier alpha value is -2.25. The quantitative estimate of drug-likeness (QED) is 0.818. The van der Waals surface area contributed by atoms with E-state index in [-0.39, 0.29) is 18.9 Å². The summed E-state index contributed by atoms with van der Waals surface area (Å²) in [5, 5.41) is 11.3. The summed E-state index contributed by atoms with van der Waals surface area (Å²) in [6.45, 7) is 5.17. The van der Waals surface area contributed by atoms with Gasteiger partial charge in [0.15, 0.2) is 0 Å². The fourth-order valence-corrected chi connectivity index (χ4v) is 2.98. The topological polar surface area (TPSA) is 69.7 Å². The van der Waals surface area contributed by atoms with E-state index >= 15 is 0 Å².